The van der Waals surface area contributed by atoms with Gasteiger partial charge in [-0.15, -0.1) is 5.10 Å². The highest BCUT2D eigenvalue weighted by molar-refractivity contribution is 6.30. The molecule has 2 heterocycles. The van der Waals surface area contributed by atoms with E-state index in [1.165, 1.54) is 0 Å². The Kier molecular flexibility index (Phi) is 3.44. The van der Waals surface area contributed by atoms with Crippen LogP contribution in [0.5, 0.6) is 0 Å². The third-order valence-electron chi connectivity index (χ3n) is 2.54. The molecule has 0 radical (unpaired) electrons. The monoisotopic (exact) mass is 255 g/mol. The molecule has 0 saturated heterocycles. The van der Waals surface area contributed by atoms with Crippen LogP contribution in [0.2, 0.25) is 5.15 Å². The predicted octanol–water partition coefficient (Wildman–Crippen LogP) is 0.557. The van der Waals surface area contributed by atoms with E-state index in [-0.39, 0.29) is 6.61 Å². The molecule has 0 unspecified atom stereocenters. The van der Waals surface area contributed by atoms with Gasteiger partial charge in [-0.1, -0.05) is 16.8 Å². The van der Waals surface area contributed by atoms with Gasteiger partial charge >= 0.3 is 0 Å². The van der Waals surface area contributed by atoms with Crippen molar-refractivity contribution in [2.45, 2.75) is 19.9 Å². The first kappa shape index (κ1) is 12.1. The standard InChI is InChI=1S/C10H14ClN5O/c1-7-9(10(11)15(2)13-7)6-16-5-8(3-4-17)12-14-16/h5,17H,3-4,6H2,1-2H3. The molecule has 17 heavy (non-hydrogen) atoms. The zero-order valence-corrected chi connectivity index (χ0v) is 10.5. The summed E-state index contributed by atoms with van der Waals surface area (Å²) >= 11 is 6.13. The van der Waals surface area contributed by atoms with Gasteiger partial charge in [-0.2, -0.15) is 5.10 Å². The summed E-state index contributed by atoms with van der Waals surface area (Å²) in [5.41, 5.74) is 2.59. The normalized spacial score (nSPS) is 11.1. The van der Waals surface area contributed by atoms with Gasteiger partial charge < -0.3 is 5.11 Å². The van der Waals surface area contributed by atoms with E-state index >= 15 is 0 Å². The van der Waals surface area contributed by atoms with Gasteiger partial charge in [0, 0.05) is 31.8 Å². The molecular weight excluding hydrogens is 242 g/mol. The van der Waals surface area contributed by atoms with Crippen LogP contribution in [0.15, 0.2) is 6.20 Å². The van der Waals surface area contributed by atoms with Gasteiger partial charge in [0.05, 0.1) is 17.9 Å². The Morgan fingerprint density at radius 2 is 2.24 bits per heavy atom. The minimum absolute atomic E-state index is 0.0748. The SMILES string of the molecule is Cc1nn(C)c(Cl)c1Cn1cc(CCO)nn1. The van der Waals surface area contributed by atoms with Crippen molar-refractivity contribution in [3.63, 3.8) is 0 Å². The molecule has 7 heteroatoms. The Labute approximate surface area is 104 Å². The van der Waals surface area contributed by atoms with Gasteiger partial charge in [-0.3, -0.25) is 4.68 Å². The van der Waals surface area contributed by atoms with Crippen LogP contribution in [-0.2, 0) is 20.0 Å². The van der Waals surface area contributed by atoms with Crippen LogP contribution in [0.1, 0.15) is 17.0 Å². The average Bonchev–Trinajstić information content (AvgIpc) is 2.81. The Hall–Kier alpha value is -1.40. The molecular formula is C10H14ClN5O. The lowest BCUT2D eigenvalue weighted by Gasteiger charge is -1.99. The third-order valence-corrected chi connectivity index (χ3v) is 3.02. The molecule has 0 spiro atoms. The van der Waals surface area contributed by atoms with Crippen LogP contribution in [0, 0.1) is 6.92 Å². The molecule has 0 fully saturated rings. The van der Waals surface area contributed by atoms with Crippen molar-refractivity contribution in [1.29, 1.82) is 0 Å². The quantitative estimate of drug-likeness (QED) is 0.867. The zero-order valence-electron chi connectivity index (χ0n) is 9.76. The maximum absolute atomic E-state index is 8.80. The maximum Gasteiger partial charge on any atom is 0.132 e. The fourth-order valence-corrected chi connectivity index (χ4v) is 1.89. The topological polar surface area (TPSA) is 68.8 Å². The second kappa shape index (κ2) is 4.85. The van der Waals surface area contributed by atoms with Crippen LogP contribution in [0.25, 0.3) is 0 Å². The highest BCUT2D eigenvalue weighted by Crippen LogP contribution is 2.19. The van der Waals surface area contributed by atoms with Gasteiger partial charge in [0.15, 0.2) is 0 Å². The molecule has 0 aromatic carbocycles. The summed E-state index contributed by atoms with van der Waals surface area (Å²) in [5.74, 6) is 0. The summed E-state index contributed by atoms with van der Waals surface area (Å²) in [7, 11) is 1.80. The van der Waals surface area contributed by atoms with Gasteiger partial charge in [0.25, 0.3) is 0 Å². The van der Waals surface area contributed by atoms with Crippen molar-refractivity contribution < 1.29 is 5.11 Å². The number of aromatic nitrogens is 5. The van der Waals surface area contributed by atoms with E-state index in [9.17, 15) is 0 Å². The molecule has 2 aromatic rings. The first-order chi connectivity index (χ1) is 8.11. The molecule has 0 atom stereocenters. The Balaban J connectivity index is 2.19. The molecule has 92 valence electrons. The first-order valence-electron chi connectivity index (χ1n) is 5.29. The Morgan fingerprint density at radius 1 is 1.47 bits per heavy atom. The summed E-state index contributed by atoms with van der Waals surface area (Å²) in [6.45, 7) is 2.52. The summed E-state index contributed by atoms with van der Waals surface area (Å²) < 4.78 is 3.33. The van der Waals surface area contributed by atoms with Crippen LogP contribution >= 0.6 is 11.6 Å². The smallest absolute Gasteiger partial charge is 0.132 e. The fraction of sp³-hybridized carbons (Fsp3) is 0.500. The molecule has 6 nitrogen and oxygen atoms in total. The molecule has 2 aromatic heterocycles. The second-order valence-electron chi connectivity index (χ2n) is 3.86. The summed E-state index contributed by atoms with van der Waals surface area (Å²) in [5, 5.41) is 21.6. The lowest BCUT2D eigenvalue weighted by molar-refractivity contribution is 0.298. The number of aliphatic hydroxyl groups excluding tert-OH is 1. The van der Waals surface area contributed by atoms with Crippen LogP contribution in [0.4, 0.5) is 0 Å². The number of halogens is 1. The third kappa shape index (κ3) is 2.48. The van der Waals surface area contributed by atoms with Crippen molar-refractivity contribution in [3.8, 4) is 0 Å². The molecule has 0 saturated carbocycles. The highest BCUT2D eigenvalue weighted by atomic mass is 35.5. The van der Waals surface area contributed by atoms with Crippen LogP contribution in [-0.4, -0.2) is 36.5 Å². The molecule has 2 rings (SSSR count). The summed E-state index contributed by atoms with van der Waals surface area (Å²) in [6, 6.07) is 0. The molecule has 0 amide bonds. The van der Waals surface area contributed by atoms with Crippen LogP contribution in [0.3, 0.4) is 0 Å². The van der Waals surface area contributed by atoms with Crippen molar-refractivity contribution in [3.05, 3.63) is 28.3 Å². The number of aliphatic hydroxyl groups is 1. The number of hydrogen-bond acceptors (Lipinski definition) is 4. The van der Waals surface area contributed by atoms with Crippen LogP contribution < -0.4 is 0 Å². The van der Waals surface area contributed by atoms with E-state index in [0.717, 1.165) is 17.0 Å². The second-order valence-corrected chi connectivity index (χ2v) is 4.22. The maximum atomic E-state index is 8.80. The largest absolute Gasteiger partial charge is 0.396 e. The average molecular weight is 256 g/mol. The minimum atomic E-state index is 0.0748. The first-order valence-corrected chi connectivity index (χ1v) is 5.67. The van der Waals surface area contributed by atoms with Gasteiger partial charge in [0.2, 0.25) is 0 Å². The van der Waals surface area contributed by atoms with Gasteiger partial charge in [-0.05, 0) is 6.92 Å². The lowest BCUT2D eigenvalue weighted by Crippen LogP contribution is -2.01. The number of hydrogen-bond donors (Lipinski definition) is 1. The lowest BCUT2D eigenvalue weighted by atomic mass is 10.2. The number of rotatable bonds is 4. The molecule has 0 bridgehead atoms. The van der Waals surface area contributed by atoms with E-state index < -0.39 is 0 Å². The van der Waals surface area contributed by atoms with Gasteiger partial charge in [0.1, 0.15) is 5.15 Å². The number of nitrogens with zero attached hydrogens (tertiary/aromatic N) is 5. The summed E-state index contributed by atoms with van der Waals surface area (Å²) in [6.07, 6.45) is 2.32. The van der Waals surface area contributed by atoms with Crippen molar-refractivity contribution in [1.82, 2.24) is 24.8 Å². The Bertz CT molecular complexity index is 519. The zero-order chi connectivity index (χ0) is 12.4. The van der Waals surface area contributed by atoms with Crippen molar-refractivity contribution in [2.75, 3.05) is 6.61 Å². The molecule has 0 aliphatic rings. The van der Waals surface area contributed by atoms with E-state index in [2.05, 4.69) is 15.4 Å². The Morgan fingerprint density at radius 3 is 2.82 bits per heavy atom. The number of aryl methyl sites for hydroxylation is 2. The minimum Gasteiger partial charge on any atom is -0.396 e. The highest BCUT2D eigenvalue weighted by Gasteiger charge is 2.12. The molecule has 0 aliphatic carbocycles. The van der Waals surface area contributed by atoms with E-state index in [0.29, 0.717) is 18.1 Å². The summed E-state index contributed by atoms with van der Waals surface area (Å²) in [4.78, 5) is 0. The fourth-order valence-electron chi connectivity index (χ4n) is 1.66. The van der Waals surface area contributed by atoms with E-state index in [1.54, 1.807) is 22.6 Å². The molecule has 0 aliphatic heterocycles. The molecule has 1 N–H and O–H groups in total. The van der Waals surface area contributed by atoms with E-state index in [1.807, 2.05) is 6.92 Å². The van der Waals surface area contributed by atoms with Crippen molar-refractivity contribution in [2.24, 2.45) is 7.05 Å². The van der Waals surface area contributed by atoms with Gasteiger partial charge in [-0.25, -0.2) is 4.68 Å². The van der Waals surface area contributed by atoms with Crippen molar-refractivity contribution >= 4 is 11.6 Å². The predicted molar refractivity (Wildman–Crippen MR) is 62.9 cm³/mol. The van der Waals surface area contributed by atoms with E-state index in [4.69, 9.17) is 16.7 Å².